The van der Waals surface area contributed by atoms with Gasteiger partial charge in [-0.15, -0.1) is 0 Å². The second kappa shape index (κ2) is 6.16. The van der Waals surface area contributed by atoms with E-state index in [-0.39, 0.29) is 0 Å². The standard InChI is InChI=1S/C14H23N3O/c1-4-15-12(3)13-6-5-7-16-14(13)17-8-9-18-10-11(17)2/h5-7,11-12,15H,4,8-10H2,1-3H3. The molecule has 4 nitrogen and oxygen atoms in total. The zero-order valence-corrected chi connectivity index (χ0v) is 11.5. The van der Waals surface area contributed by atoms with E-state index < -0.39 is 0 Å². The van der Waals surface area contributed by atoms with Crippen molar-refractivity contribution >= 4 is 5.82 Å². The van der Waals surface area contributed by atoms with Gasteiger partial charge in [-0.1, -0.05) is 13.0 Å². The average molecular weight is 249 g/mol. The van der Waals surface area contributed by atoms with E-state index >= 15 is 0 Å². The number of nitrogens with zero attached hydrogens (tertiary/aromatic N) is 2. The minimum Gasteiger partial charge on any atom is -0.377 e. The van der Waals surface area contributed by atoms with Gasteiger partial charge >= 0.3 is 0 Å². The molecule has 18 heavy (non-hydrogen) atoms. The molecule has 1 fully saturated rings. The molecule has 0 amide bonds. The first-order chi connectivity index (χ1) is 8.74. The molecule has 4 heteroatoms. The Kier molecular flexibility index (Phi) is 4.55. The molecule has 1 aromatic heterocycles. The van der Waals surface area contributed by atoms with Gasteiger partial charge in [0, 0.05) is 24.3 Å². The Morgan fingerprint density at radius 1 is 1.61 bits per heavy atom. The molecule has 0 saturated carbocycles. The summed E-state index contributed by atoms with van der Waals surface area (Å²) in [5, 5.41) is 3.46. The molecule has 1 aliphatic heterocycles. The molecule has 100 valence electrons. The summed E-state index contributed by atoms with van der Waals surface area (Å²) in [4.78, 5) is 6.94. The molecule has 0 radical (unpaired) electrons. The fourth-order valence-corrected chi connectivity index (χ4v) is 2.45. The number of pyridine rings is 1. The maximum absolute atomic E-state index is 5.50. The van der Waals surface area contributed by atoms with Crippen molar-refractivity contribution in [3.63, 3.8) is 0 Å². The van der Waals surface area contributed by atoms with E-state index in [4.69, 9.17) is 4.74 Å². The number of morpholine rings is 1. The zero-order valence-electron chi connectivity index (χ0n) is 11.5. The van der Waals surface area contributed by atoms with Gasteiger partial charge < -0.3 is 15.0 Å². The van der Waals surface area contributed by atoms with Crippen LogP contribution in [0.15, 0.2) is 18.3 Å². The third-order valence-corrected chi connectivity index (χ3v) is 3.43. The minimum absolute atomic E-state index is 0.328. The van der Waals surface area contributed by atoms with Crippen molar-refractivity contribution in [2.75, 3.05) is 31.2 Å². The number of ether oxygens (including phenoxy) is 1. The molecular weight excluding hydrogens is 226 g/mol. The Morgan fingerprint density at radius 2 is 2.44 bits per heavy atom. The molecule has 0 spiro atoms. The van der Waals surface area contributed by atoms with Crippen molar-refractivity contribution in [2.24, 2.45) is 0 Å². The monoisotopic (exact) mass is 249 g/mol. The van der Waals surface area contributed by atoms with Gasteiger partial charge in [-0.05, 0) is 26.5 Å². The molecule has 1 N–H and O–H groups in total. The molecule has 1 aromatic rings. The summed E-state index contributed by atoms with van der Waals surface area (Å²) < 4.78 is 5.50. The number of nitrogens with one attached hydrogen (secondary N) is 1. The predicted octanol–water partition coefficient (Wildman–Crippen LogP) is 1.98. The van der Waals surface area contributed by atoms with Gasteiger partial charge in [-0.3, -0.25) is 0 Å². The molecule has 1 aliphatic rings. The van der Waals surface area contributed by atoms with Gasteiger partial charge in [-0.25, -0.2) is 4.98 Å². The molecule has 2 atom stereocenters. The highest BCUT2D eigenvalue weighted by Crippen LogP contribution is 2.26. The third kappa shape index (κ3) is 2.82. The lowest BCUT2D eigenvalue weighted by Gasteiger charge is -2.36. The van der Waals surface area contributed by atoms with Crippen molar-refractivity contribution in [1.29, 1.82) is 0 Å². The Labute approximate surface area is 109 Å². The first kappa shape index (κ1) is 13.3. The van der Waals surface area contributed by atoms with Crippen LogP contribution >= 0.6 is 0 Å². The van der Waals surface area contributed by atoms with Crippen molar-refractivity contribution in [3.05, 3.63) is 23.9 Å². The van der Waals surface area contributed by atoms with Crippen LogP contribution in [-0.4, -0.2) is 37.3 Å². The molecule has 0 aromatic carbocycles. The molecule has 0 aliphatic carbocycles. The molecule has 1 saturated heterocycles. The van der Waals surface area contributed by atoms with Crippen LogP contribution in [-0.2, 0) is 4.74 Å². The second-order valence-corrected chi connectivity index (χ2v) is 4.81. The van der Waals surface area contributed by atoms with E-state index in [9.17, 15) is 0 Å². The third-order valence-electron chi connectivity index (χ3n) is 3.43. The Bertz CT molecular complexity index is 383. The van der Waals surface area contributed by atoms with E-state index in [2.05, 4.69) is 42.0 Å². The van der Waals surface area contributed by atoms with Gasteiger partial charge in [-0.2, -0.15) is 0 Å². The molecule has 0 bridgehead atoms. The van der Waals surface area contributed by atoms with Gasteiger partial charge in [0.05, 0.1) is 19.3 Å². The average Bonchev–Trinajstić information content (AvgIpc) is 2.40. The Balaban J connectivity index is 2.25. The normalized spacial score (nSPS) is 21.9. The van der Waals surface area contributed by atoms with E-state index in [1.54, 1.807) is 0 Å². The van der Waals surface area contributed by atoms with Crippen molar-refractivity contribution in [2.45, 2.75) is 32.9 Å². The van der Waals surface area contributed by atoms with E-state index in [0.29, 0.717) is 12.1 Å². The zero-order chi connectivity index (χ0) is 13.0. The van der Waals surface area contributed by atoms with E-state index in [1.807, 2.05) is 12.3 Å². The summed E-state index contributed by atoms with van der Waals surface area (Å²) in [6.45, 7) is 9.97. The lowest BCUT2D eigenvalue weighted by molar-refractivity contribution is 0.0984. The molecular formula is C14H23N3O. The van der Waals surface area contributed by atoms with E-state index in [1.165, 1.54) is 5.56 Å². The highest BCUT2D eigenvalue weighted by Gasteiger charge is 2.23. The van der Waals surface area contributed by atoms with E-state index in [0.717, 1.165) is 32.1 Å². The van der Waals surface area contributed by atoms with Crippen LogP contribution < -0.4 is 10.2 Å². The number of aromatic nitrogens is 1. The summed E-state index contributed by atoms with van der Waals surface area (Å²) in [7, 11) is 0. The lowest BCUT2D eigenvalue weighted by atomic mass is 10.1. The minimum atomic E-state index is 0.328. The molecule has 2 rings (SSSR count). The maximum Gasteiger partial charge on any atom is 0.133 e. The van der Waals surface area contributed by atoms with Crippen LogP contribution in [0.25, 0.3) is 0 Å². The number of rotatable bonds is 4. The van der Waals surface area contributed by atoms with Gasteiger partial charge in [0.15, 0.2) is 0 Å². The van der Waals surface area contributed by atoms with Crippen LogP contribution in [0.1, 0.15) is 32.4 Å². The fourth-order valence-electron chi connectivity index (χ4n) is 2.45. The van der Waals surface area contributed by atoms with Gasteiger partial charge in [0.2, 0.25) is 0 Å². The summed E-state index contributed by atoms with van der Waals surface area (Å²) in [5.41, 5.74) is 1.27. The summed E-state index contributed by atoms with van der Waals surface area (Å²) >= 11 is 0. The quantitative estimate of drug-likeness (QED) is 0.885. The number of hydrogen-bond acceptors (Lipinski definition) is 4. The van der Waals surface area contributed by atoms with Gasteiger partial charge in [0.25, 0.3) is 0 Å². The first-order valence-electron chi connectivity index (χ1n) is 6.76. The smallest absolute Gasteiger partial charge is 0.133 e. The number of hydrogen-bond donors (Lipinski definition) is 1. The summed E-state index contributed by atoms with van der Waals surface area (Å²) in [6, 6.07) is 4.89. The first-order valence-corrected chi connectivity index (χ1v) is 6.76. The van der Waals surface area contributed by atoms with Crippen molar-refractivity contribution < 1.29 is 4.74 Å². The molecule has 2 unspecified atom stereocenters. The predicted molar refractivity (Wildman–Crippen MR) is 74.0 cm³/mol. The second-order valence-electron chi connectivity index (χ2n) is 4.81. The Hall–Kier alpha value is -1.13. The molecule has 2 heterocycles. The number of anilines is 1. The van der Waals surface area contributed by atoms with Crippen LogP contribution in [0.3, 0.4) is 0 Å². The van der Waals surface area contributed by atoms with Crippen LogP contribution in [0.4, 0.5) is 5.82 Å². The summed E-state index contributed by atoms with van der Waals surface area (Å²) in [6.07, 6.45) is 1.87. The van der Waals surface area contributed by atoms with Crippen LogP contribution in [0, 0.1) is 0 Å². The SMILES string of the molecule is CCNC(C)c1cccnc1N1CCOCC1C. The fraction of sp³-hybridized carbons (Fsp3) is 0.643. The van der Waals surface area contributed by atoms with Crippen molar-refractivity contribution in [1.82, 2.24) is 10.3 Å². The van der Waals surface area contributed by atoms with Gasteiger partial charge in [0.1, 0.15) is 5.82 Å². The van der Waals surface area contributed by atoms with Crippen LogP contribution in [0.5, 0.6) is 0 Å². The van der Waals surface area contributed by atoms with Crippen molar-refractivity contribution in [3.8, 4) is 0 Å². The topological polar surface area (TPSA) is 37.4 Å². The largest absolute Gasteiger partial charge is 0.377 e. The Morgan fingerprint density at radius 3 is 3.17 bits per heavy atom. The van der Waals surface area contributed by atoms with Crippen LogP contribution in [0.2, 0.25) is 0 Å². The lowest BCUT2D eigenvalue weighted by Crippen LogP contribution is -2.44. The maximum atomic E-state index is 5.50. The highest BCUT2D eigenvalue weighted by molar-refractivity contribution is 5.49. The highest BCUT2D eigenvalue weighted by atomic mass is 16.5. The summed E-state index contributed by atoms with van der Waals surface area (Å²) in [5.74, 6) is 1.10.